The van der Waals surface area contributed by atoms with Gasteiger partial charge in [0.1, 0.15) is 0 Å². The lowest BCUT2D eigenvalue weighted by molar-refractivity contribution is 0.0911. The highest BCUT2D eigenvalue weighted by atomic mass is 79.9. The van der Waals surface area contributed by atoms with Crippen LogP contribution in [-0.2, 0) is 0 Å². The van der Waals surface area contributed by atoms with E-state index >= 15 is 0 Å². The minimum atomic E-state index is -0.0521. The maximum Gasteiger partial charge on any atom is 0.253 e. The Morgan fingerprint density at radius 2 is 2.20 bits per heavy atom. The van der Waals surface area contributed by atoms with Crippen molar-refractivity contribution in [3.63, 3.8) is 0 Å². The van der Waals surface area contributed by atoms with Crippen LogP contribution in [0.25, 0.3) is 0 Å². The van der Waals surface area contributed by atoms with Crippen molar-refractivity contribution >= 4 is 45.2 Å². The predicted octanol–water partition coefficient (Wildman–Crippen LogP) is 4.75. The van der Waals surface area contributed by atoms with E-state index < -0.39 is 0 Å². The number of rotatable bonds is 4. The summed E-state index contributed by atoms with van der Waals surface area (Å²) >= 11 is 11.3. The van der Waals surface area contributed by atoms with Gasteiger partial charge in [-0.15, -0.1) is 11.8 Å². The van der Waals surface area contributed by atoms with Crippen LogP contribution in [0.1, 0.15) is 36.0 Å². The van der Waals surface area contributed by atoms with Gasteiger partial charge >= 0.3 is 0 Å². The number of halogens is 2. The second kappa shape index (κ2) is 7.71. The number of hydrogen-bond acceptors (Lipinski definition) is 2. The fourth-order valence-electron chi connectivity index (χ4n) is 2.63. The van der Waals surface area contributed by atoms with Gasteiger partial charge in [-0.05, 0) is 43.2 Å². The molecule has 2 nitrogen and oxygen atoms in total. The Kier molecular flexibility index (Phi) is 6.24. The van der Waals surface area contributed by atoms with Crippen LogP contribution in [-0.4, -0.2) is 23.5 Å². The first-order valence-corrected chi connectivity index (χ1v) is 9.58. The molecule has 2 rings (SSSR count). The SMILES string of the molecule is CSc1ccc(Cl)c(C(=O)NC2CCCCC2CBr)c1. The van der Waals surface area contributed by atoms with Crippen LogP contribution in [0.5, 0.6) is 0 Å². The predicted molar refractivity (Wildman–Crippen MR) is 90.2 cm³/mol. The van der Waals surface area contributed by atoms with E-state index in [0.29, 0.717) is 16.5 Å². The van der Waals surface area contributed by atoms with Gasteiger partial charge in [-0.2, -0.15) is 0 Å². The zero-order valence-corrected chi connectivity index (χ0v) is 14.7. The van der Waals surface area contributed by atoms with Gasteiger partial charge in [-0.25, -0.2) is 0 Å². The number of amides is 1. The van der Waals surface area contributed by atoms with E-state index in [9.17, 15) is 4.79 Å². The van der Waals surface area contributed by atoms with Crippen LogP contribution in [0.2, 0.25) is 5.02 Å². The average Bonchev–Trinajstić information content (AvgIpc) is 2.48. The number of nitrogens with one attached hydrogen (secondary N) is 1. The monoisotopic (exact) mass is 375 g/mol. The number of carbonyl (C=O) groups excluding carboxylic acids is 1. The Balaban J connectivity index is 2.11. The van der Waals surface area contributed by atoms with Crippen LogP contribution in [0.15, 0.2) is 23.1 Å². The Labute approximate surface area is 138 Å². The Hall–Kier alpha value is -0.190. The van der Waals surface area contributed by atoms with Crippen LogP contribution in [0, 0.1) is 5.92 Å². The molecule has 0 radical (unpaired) electrons. The fourth-order valence-corrected chi connectivity index (χ4v) is 4.05. The van der Waals surface area contributed by atoms with Crippen molar-refractivity contribution < 1.29 is 4.79 Å². The van der Waals surface area contributed by atoms with Crippen molar-refractivity contribution in [1.29, 1.82) is 0 Å². The lowest BCUT2D eigenvalue weighted by atomic mass is 9.86. The molecule has 1 aliphatic carbocycles. The van der Waals surface area contributed by atoms with Gasteiger partial charge in [0.25, 0.3) is 5.91 Å². The second-order valence-electron chi connectivity index (χ2n) is 5.12. The summed E-state index contributed by atoms with van der Waals surface area (Å²) in [4.78, 5) is 13.5. The lowest BCUT2D eigenvalue weighted by Crippen LogP contribution is -2.42. The summed E-state index contributed by atoms with van der Waals surface area (Å²) in [6, 6.07) is 5.86. The summed E-state index contributed by atoms with van der Waals surface area (Å²) in [5.41, 5.74) is 0.581. The number of alkyl halides is 1. The molecule has 0 saturated heterocycles. The van der Waals surface area contributed by atoms with Crippen LogP contribution < -0.4 is 5.32 Å². The number of carbonyl (C=O) groups is 1. The Bertz CT molecular complexity index is 483. The van der Waals surface area contributed by atoms with Gasteiger partial charge in [-0.1, -0.05) is 40.4 Å². The molecule has 1 aliphatic rings. The molecule has 1 fully saturated rings. The Morgan fingerprint density at radius 1 is 1.45 bits per heavy atom. The van der Waals surface area contributed by atoms with Gasteiger partial charge in [0.2, 0.25) is 0 Å². The molecule has 0 aliphatic heterocycles. The summed E-state index contributed by atoms with van der Waals surface area (Å²) in [5.74, 6) is 0.471. The van der Waals surface area contributed by atoms with Crippen molar-refractivity contribution in [3.8, 4) is 0 Å². The molecule has 1 saturated carbocycles. The standard InChI is InChI=1S/C15H19BrClNOS/c1-20-11-6-7-13(17)12(8-11)15(19)18-14-5-3-2-4-10(14)9-16/h6-8,10,14H,2-5,9H2,1H3,(H,18,19). The maximum atomic E-state index is 12.4. The molecule has 1 amide bonds. The van der Waals surface area contributed by atoms with Crippen LogP contribution >= 0.6 is 39.3 Å². The first kappa shape index (κ1) is 16.2. The zero-order valence-electron chi connectivity index (χ0n) is 11.5. The largest absolute Gasteiger partial charge is 0.349 e. The summed E-state index contributed by atoms with van der Waals surface area (Å²) in [7, 11) is 0. The van der Waals surface area contributed by atoms with Crippen molar-refractivity contribution in [2.24, 2.45) is 5.92 Å². The van der Waals surface area contributed by atoms with E-state index in [4.69, 9.17) is 11.6 Å². The lowest BCUT2D eigenvalue weighted by Gasteiger charge is -2.31. The highest BCUT2D eigenvalue weighted by molar-refractivity contribution is 9.09. The van der Waals surface area contributed by atoms with Gasteiger partial charge in [0.05, 0.1) is 10.6 Å². The zero-order chi connectivity index (χ0) is 14.5. The molecule has 0 aromatic heterocycles. The fraction of sp³-hybridized carbons (Fsp3) is 0.533. The van der Waals surface area contributed by atoms with Crippen LogP contribution in [0.3, 0.4) is 0 Å². The van der Waals surface area contributed by atoms with Gasteiger partial charge in [0, 0.05) is 16.3 Å². The molecular formula is C15H19BrClNOS. The molecule has 2 atom stereocenters. The highest BCUT2D eigenvalue weighted by Gasteiger charge is 2.26. The van der Waals surface area contributed by atoms with E-state index in [2.05, 4.69) is 21.2 Å². The summed E-state index contributed by atoms with van der Waals surface area (Å²) in [6.07, 6.45) is 6.67. The van der Waals surface area contributed by atoms with Crippen LogP contribution in [0.4, 0.5) is 0 Å². The molecule has 5 heteroatoms. The number of thioether (sulfide) groups is 1. The highest BCUT2D eigenvalue weighted by Crippen LogP contribution is 2.27. The van der Waals surface area contributed by atoms with Crippen molar-refractivity contribution in [2.75, 3.05) is 11.6 Å². The second-order valence-corrected chi connectivity index (χ2v) is 7.06. The summed E-state index contributed by atoms with van der Waals surface area (Å²) in [6.45, 7) is 0. The van der Waals surface area contributed by atoms with Crippen molar-refractivity contribution in [3.05, 3.63) is 28.8 Å². The third-order valence-electron chi connectivity index (χ3n) is 3.84. The Morgan fingerprint density at radius 3 is 2.90 bits per heavy atom. The molecule has 0 spiro atoms. The molecule has 20 heavy (non-hydrogen) atoms. The van der Waals surface area contributed by atoms with Crippen molar-refractivity contribution in [1.82, 2.24) is 5.32 Å². The molecule has 0 bridgehead atoms. The smallest absolute Gasteiger partial charge is 0.253 e. The summed E-state index contributed by atoms with van der Waals surface area (Å²) in [5, 5.41) is 4.63. The third-order valence-corrected chi connectivity index (χ3v) is 5.73. The molecule has 1 N–H and O–H groups in total. The molecular weight excluding hydrogens is 358 g/mol. The maximum absolute atomic E-state index is 12.4. The normalized spacial score (nSPS) is 22.6. The third kappa shape index (κ3) is 3.92. The topological polar surface area (TPSA) is 29.1 Å². The van der Waals surface area contributed by atoms with E-state index in [0.717, 1.165) is 16.6 Å². The summed E-state index contributed by atoms with van der Waals surface area (Å²) < 4.78 is 0. The van der Waals surface area contributed by atoms with E-state index in [1.807, 2.05) is 18.4 Å². The number of benzene rings is 1. The van der Waals surface area contributed by atoms with Gasteiger partial charge in [0.15, 0.2) is 0 Å². The molecule has 110 valence electrons. The molecule has 2 unspecified atom stereocenters. The molecule has 1 aromatic carbocycles. The quantitative estimate of drug-likeness (QED) is 0.607. The molecule has 1 aromatic rings. The number of hydrogen-bond donors (Lipinski definition) is 1. The minimum absolute atomic E-state index is 0.0521. The van der Waals surface area contributed by atoms with Crippen molar-refractivity contribution in [2.45, 2.75) is 36.6 Å². The first-order valence-electron chi connectivity index (χ1n) is 6.86. The van der Waals surface area contributed by atoms with Gasteiger partial charge in [-0.3, -0.25) is 4.79 Å². The first-order chi connectivity index (χ1) is 9.65. The van der Waals surface area contributed by atoms with Gasteiger partial charge < -0.3 is 5.32 Å². The van der Waals surface area contributed by atoms with E-state index in [1.165, 1.54) is 19.3 Å². The minimum Gasteiger partial charge on any atom is -0.349 e. The van der Waals surface area contributed by atoms with E-state index in [1.54, 1.807) is 17.8 Å². The average molecular weight is 377 g/mol. The van der Waals surface area contributed by atoms with E-state index in [-0.39, 0.29) is 11.9 Å². The molecule has 0 heterocycles.